The molecule has 24 heavy (non-hydrogen) atoms. The SMILES string of the molecule is O=C(O)C=Cc1ccc(O)cc1.O=C(O)C=Cc1ccc(O)cc1. The van der Waals surface area contributed by atoms with Crippen LogP contribution in [0.25, 0.3) is 12.2 Å². The lowest BCUT2D eigenvalue weighted by Crippen LogP contribution is -1.85. The van der Waals surface area contributed by atoms with Gasteiger partial charge in [-0.3, -0.25) is 0 Å². The van der Waals surface area contributed by atoms with Crippen LogP contribution in [0.1, 0.15) is 11.1 Å². The Kier molecular flexibility index (Phi) is 7.30. The van der Waals surface area contributed by atoms with Crippen molar-refractivity contribution in [3.8, 4) is 11.5 Å². The summed E-state index contributed by atoms with van der Waals surface area (Å²) in [6.07, 6.45) is 5.02. The van der Waals surface area contributed by atoms with Gasteiger partial charge in [0.1, 0.15) is 11.5 Å². The molecule has 0 aromatic heterocycles. The molecule has 0 radical (unpaired) electrons. The summed E-state index contributed by atoms with van der Waals surface area (Å²) in [7, 11) is 0. The van der Waals surface area contributed by atoms with Gasteiger partial charge in [0.15, 0.2) is 0 Å². The quantitative estimate of drug-likeness (QED) is 0.641. The molecule has 0 aliphatic rings. The Morgan fingerprint density at radius 1 is 0.625 bits per heavy atom. The lowest BCUT2D eigenvalue weighted by atomic mass is 10.2. The number of aromatic hydroxyl groups is 2. The highest BCUT2D eigenvalue weighted by Gasteiger charge is 1.90. The third-order valence-electron chi connectivity index (χ3n) is 2.62. The van der Waals surface area contributed by atoms with E-state index >= 15 is 0 Å². The first kappa shape index (κ1) is 18.5. The van der Waals surface area contributed by atoms with Gasteiger partial charge in [-0.05, 0) is 47.5 Å². The van der Waals surface area contributed by atoms with Crippen LogP contribution in [0.5, 0.6) is 11.5 Å². The zero-order valence-corrected chi connectivity index (χ0v) is 12.5. The van der Waals surface area contributed by atoms with Gasteiger partial charge in [0, 0.05) is 12.2 Å². The summed E-state index contributed by atoms with van der Waals surface area (Å²) in [4.78, 5) is 20.2. The number of hydrogen-bond donors (Lipinski definition) is 4. The number of rotatable bonds is 4. The molecular weight excluding hydrogens is 312 g/mol. The lowest BCUT2D eigenvalue weighted by Gasteiger charge is -1.92. The summed E-state index contributed by atoms with van der Waals surface area (Å²) in [5.41, 5.74) is 1.49. The second-order valence-electron chi connectivity index (χ2n) is 4.53. The molecule has 0 saturated carbocycles. The molecule has 0 fully saturated rings. The average Bonchev–Trinajstić information content (AvgIpc) is 2.54. The van der Waals surface area contributed by atoms with Gasteiger partial charge in [-0.25, -0.2) is 9.59 Å². The number of carboxylic acids is 2. The van der Waals surface area contributed by atoms with E-state index in [4.69, 9.17) is 20.4 Å². The van der Waals surface area contributed by atoms with Crippen LogP contribution in [-0.2, 0) is 9.59 Å². The van der Waals surface area contributed by atoms with Crippen molar-refractivity contribution in [3.63, 3.8) is 0 Å². The molecule has 124 valence electrons. The Balaban J connectivity index is 0.000000240. The van der Waals surface area contributed by atoms with Crippen molar-refractivity contribution >= 4 is 24.1 Å². The average molecular weight is 328 g/mol. The Hall–Kier alpha value is -3.54. The largest absolute Gasteiger partial charge is 0.508 e. The fourth-order valence-electron chi connectivity index (χ4n) is 1.51. The van der Waals surface area contributed by atoms with Crippen molar-refractivity contribution in [2.75, 3.05) is 0 Å². The van der Waals surface area contributed by atoms with Gasteiger partial charge in [0.25, 0.3) is 0 Å². The van der Waals surface area contributed by atoms with E-state index in [1.807, 2.05) is 0 Å². The van der Waals surface area contributed by atoms with E-state index in [0.29, 0.717) is 0 Å². The van der Waals surface area contributed by atoms with E-state index < -0.39 is 11.9 Å². The van der Waals surface area contributed by atoms with Crippen molar-refractivity contribution < 1.29 is 30.0 Å². The fraction of sp³-hybridized carbons (Fsp3) is 0. The third-order valence-corrected chi connectivity index (χ3v) is 2.62. The van der Waals surface area contributed by atoms with Crippen molar-refractivity contribution in [3.05, 3.63) is 71.8 Å². The summed E-state index contributed by atoms with van der Waals surface area (Å²) < 4.78 is 0. The number of hydrogen-bond acceptors (Lipinski definition) is 4. The molecular formula is C18H16O6. The predicted octanol–water partition coefficient (Wildman–Crippen LogP) is 2.98. The Morgan fingerprint density at radius 3 is 1.17 bits per heavy atom. The predicted molar refractivity (Wildman–Crippen MR) is 89.6 cm³/mol. The number of phenols is 2. The molecule has 0 aliphatic carbocycles. The van der Waals surface area contributed by atoms with Gasteiger partial charge in [-0.2, -0.15) is 0 Å². The normalized spacial score (nSPS) is 10.3. The summed E-state index contributed by atoms with van der Waals surface area (Å²) >= 11 is 0. The van der Waals surface area contributed by atoms with Crippen molar-refractivity contribution in [2.24, 2.45) is 0 Å². The maximum absolute atomic E-state index is 10.1. The molecule has 0 aliphatic heterocycles. The molecule has 0 spiro atoms. The van der Waals surface area contributed by atoms with Crippen LogP contribution in [0.15, 0.2) is 60.7 Å². The highest BCUT2D eigenvalue weighted by molar-refractivity contribution is 5.85. The van der Waals surface area contributed by atoms with Crippen LogP contribution in [0, 0.1) is 0 Å². The topological polar surface area (TPSA) is 115 Å². The van der Waals surface area contributed by atoms with Gasteiger partial charge in [-0.1, -0.05) is 24.3 Å². The second kappa shape index (κ2) is 9.47. The molecule has 6 heteroatoms. The fourth-order valence-corrected chi connectivity index (χ4v) is 1.51. The minimum absolute atomic E-state index is 0.169. The monoisotopic (exact) mass is 328 g/mol. The van der Waals surface area contributed by atoms with Crippen LogP contribution in [0.3, 0.4) is 0 Å². The molecule has 0 bridgehead atoms. The van der Waals surface area contributed by atoms with Crippen molar-refractivity contribution in [2.45, 2.75) is 0 Å². The minimum atomic E-state index is -0.983. The maximum atomic E-state index is 10.1. The molecule has 0 heterocycles. The van der Waals surface area contributed by atoms with Gasteiger partial charge in [0.05, 0.1) is 0 Å². The van der Waals surface area contributed by atoms with Crippen molar-refractivity contribution in [1.82, 2.24) is 0 Å². The van der Waals surface area contributed by atoms with Crippen LogP contribution >= 0.6 is 0 Å². The molecule has 2 aromatic rings. The first-order valence-electron chi connectivity index (χ1n) is 6.77. The van der Waals surface area contributed by atoms with E-state index in [1.54, 1.807) is 24.3 Å². The Morgan fingerprint density at radius 2 is 0.917 bits per heavy atom. The van der Waals surface area contributed by atoms with E-state index in [-0.39, 0.29) is 11.5 Å². The van der Waals surface area contributed by atoms with E-state index in [2.05, 4.69) is 0 Å². The number of benzene rings is 2. The van der Waals surface area contributed by atoms with Gasteiger partial charge < -0.3 is 20.4 Å². The Labute approximate surface area is 138 Å². The van der Waals surface area contributed by atoms with Crippen LogP contribution in [0.2, 0.25) is 0 Å². The molecule has 0 atom stereocenters. The first-order chi connectivity index (χ1) is 11.4. The van der Waals surface area contributed by atoms with Crippen LogP contribution in [0.4, 0.5) is 0 Å². The molecule has 0 amide bonds. The zero-order valence-electron chi connectivity index (χ0n) is 12.5. The number of phenolic OH excluding ortho intramolecular Hbond substituents is 2. The maximum Gasteiger partial charge on any atom is 0.328 e. The highest BCUT2D eigenvalue weighted by Crippen LogP contribution is 2.11. The van der Waals surface area contributed by atoms with E-state index in [1.165, 1.54) is 36.4 Å². The molecule has 2 rings (SSSR count). The molecule has 0 saturated heterocycles. The van der Waals surface area contributed by atoms with Gasteiger partial charge in [0.2, 0.25) is 0 Å². The molecule has 4 N–H and O–H groups in total. The highest BCUT2D eigenvalue weighted by atomic mass is 16.4. The summed E-state index contributed by atoms with van der Waals surface area (Å²) in [5, 5.41) is 34.4. The van der Waals surface area contributed by atoms with Gasteiger partial charge in [-0.15, -0.1) is 0 Å². The second-order valence-corrected chi connectivity index (χ2v) is 4.53. The molecule has 6 nitrogen and oxygen atoms in total. The summed E-state index contributed by atoms with van der Waals surface area (Å²) in [6.45, 7) is 0. The number of carboxylic acid groups (broad SMARTS) is 2. The van der Waals surface area contributed by atoms with Crippen LogP contribution in [-0.4, -0.2) is 32.4 Å². The van der Waals surface area contributed by atoms with Crippen LogP contribution < -0.4 is 0 Å². The molecule has 2 aromatic carbocycles. The number of aliphatic carboxylic acids is 2. The number of carbonyl (C=O) groups is 2. The summed E-state index contributed by atoms with van der Waals surface area (Å²) in [6, 6.07) is 12.5. The zero-order chi connectivity index (χ0) is 17.9. The molecule has 0 unspecified atom stereocenters. The Bertz CT molecular complexity index is 662. The van der Waals surface area contributed by atoms with E-state index in [0.717, 1.165) is 23.3 Å². The standard InChI is InChI=1S/2C9H8O3/c2*10-8-4-1-7(2-5-8)3-6-9(11)12/h2*1-6,10H,(H,11,12). The van der Waals surface area contributed by atoms with Crippen molar-refractivity contribution in [1.29, 1.82) is 0 Å². The first-order valence-corrected chi connectivity index (χ1v) is 6.77. The lowest BCUT2D eigenvalue weighted by molar-refractivity contribution is -0.132. The summed E-state index contributed by atoms with van der Waals surface area (Å²) in [5.74, 6) is -1.63. The smallest absolute Gasteiger partial charge is 0.328 e. The van der Waals surface area contributed by atoms with E-state index in [9.17, 15) is 9.59 Å². The third kappa shape index (κ3) is 8.04. The minimum Gasteiger partial charge on any atom is -0.508 e. The van der Waals surface area contributed by atoms with Gasteiger partial charge >= 0.3 is 11.9 Å².